The number of rotatable bonds is 5. The van der Waals surface area contributed by atoms with Gasteiger partial charge in [0.15, 0.2) is 0 Å². The zero-order chi connectivity index (χ0) is 12.8. The molecule has 1 aromatic rings. The summed E-state index contributed by atoms with van der Waals surface area (Å²) in [6, 6.07) is 5.41. The Kier molecular flexibility index (Phi) is 5.10. The molecule has 0 aliphatic carbocycles. The highest BCUT2D eigenvalue weighted by molar-refractivity contribution is 5.81. The molecule has 1 amide bonds. The van der Waals surface area contributed by atoms with E-state index in [4.69, 9.17) is 5.73 Å². The van der Waals surface area contributed by atoms with Crippen molar-refractivity contribution in [3.8, 4) is 0 Å². The van der Waals surface area contributed by atoms with Gasteiger partial charge in [-0.1, -0.05) is 13.0 Å². The van der Waals surface area contributed by atoms with Crippen molar-refractivity contribution in [3.63, 3.8) is 0 Å². The Morgan fingerprint density at radius 3 is 2.65 bits per heavy atom. The Labute approximate surface area is 103 Å². The number of carbonyl (C=O) groups excluding carboxylic acids is 1. The van der Waals surface area contributed by atoms with Crippen LogP contribution in [-0.2, 0) is 11.3 Å². The molecule has 1 heterocycles. The molecule has 94 valence electrons. The minimum Gasteiger partial charge on any atom is -0.333 e. The van der Waals surface area contributed by atoms with Crippen molar-refractivity contribution in [1.82, 2.24) is 9.88 Å². The Balaban J connectivity index is 2.77. The Hall–Kier alpha value is -1.42. The van der Waals surface area contributed by atoms with Crippen molar-refractivity contribution in [3.05, 3.63) is 30.1 Å². The molecule has 1 aromatic heterocycles. The smallest absolute Gasteiger partial charge is 0.240 e. The second kappa shape index (κ2) is 6.35. The Morgan fingerprint density at radius 1 is 1.47 bits per heavy atom. The number of hydrogen-bond donors (Lipinski definition) is 1. The third-order valence-electron chi connectivity index (χ3n) is 2.72. The molecule has 1 rings (SSSR count). The topological polar surface area (TPSA) is 59.2 Å². The average Bonchev–Trinajstić information content (AvgIpc) is 2.35. The van der Waals surface area contributed by atoms with E-state index in [1.165, 1.54) is 0 Å². The summed E-state index contributed by atoms with van der Waals surface area (Å²) < 4.78 is 0. The molecule has 4 nitrogen and oxygen atoms in total. The summed E-state index contributed by atoms with van der Waals surface area (Å²) in [4.78, 5) is 18.1. The predicted octanol–water partition coefficient (Wildman–Crippen LogP) is 1.56. The average molecular weight is 235 g/mol. The van der Waals surface area contributed by atoms with Crippen LogP contribution in [0.4, 0.5) is 0 Å². The lowest BCUT2D eigenvalue weighted by Crippen LogP contribution is -2.46. The molecule has 0 radical (unpaired) electrons. The van der Waals surface area contributed by atoms with Crippen LogP contribution in [0.3, 0.4) is 0 Å². The number of hydrogen-bond acceptors (Lipinski definition) is 3. The van der Waals surface area contributed by atoms with E-state index in [0.29, 0.717) is 13.0 Å². The van der Waals surface area contributed by atoms with Gasteiger partial charge in [0, 0.05) is 12.2 Å². The maximum atomic E-state index is 12.1. The van der Waals surface area contributed by atoms with Crippen LogP contribution in [0.1, 0.15) is 32.9 Å². The number of pyridine rings is 1. The molecule has 0 saturated heterocycles. The summed E-state index contributed by atoms with van der Waals surface area (Å²) in [5, 5.41) is 0. The van der Waals surface area contributed by atoms with Crippen LogP contribution in [0.5, 0.6) is 0 Å². The van der Waals surface area contributed by atoms with E-state index in [1.54, 1.807) is 11.1 Å². The van der Waals surface area contributed by atoms with Gasteiger partial charge in [-0.2, -0.15) is 0 Å². The summed E-state index contributed by atoms with van der Waals surface area (Å²) in [7, 11) is 0. The van der Waals surface area contributed by atoms with Gasteiger partial charge < -0.3 is 10.6 Å². The number of amides is 1. The van der Waals surface area contributed by atoms with E-state index >= 15 is 0 Å². The molecule has 2 N–H and O–H groups in total. The SMILES string of the molecule is CCC(N)C(=O)N(Cc1ccccn1)C(C)C. The number of aromatic nitrogens is 1. The van der Waals surface area contributed by atoms with Gasteiger partial charge >= 0.3 is 0 Å². The first-order valence-electron chi connectivity index (χ1n) is 6.02. The summed E-state index contributed by atoms with van der Waals surface area (Å²) in [5.74, 6) is -0.00634. The molecule has 0 fully saturated rings. The van der Waals surface area contributed by atoms with Crippen LogP contribution >= 0.6 is 0 Å². The molecule has 17 heavy (non-hydrogen) atoms. The Morgan fingerprint density at radius 2 is 2.18 bits per heavy atom. The maximum absolute atomic E-state index is 12.1. The first kappa shape index (κ1) is 13.6. The molecule has 0 aliphatic heterocycles. The van der Waals surface area contributed by atoms with Crippen LogP contribution in [-0.4, -0.2) is 27.9 Å². The zero-order valence-corrected chi connectivity index (χ0v) is 10.8. The van der Waals surface area contributed by atoms with Crippen LogP contribution in [0.25, 0.3) is 0 Å². The van der Waals surface area contributed by atoms with E-state index in [2.05, 4.69) is 4.98 Å². The van der Waals surface area contributed by atoms with E-state index in [1.807, 2.05) is 39.0 Å². The van der Waals surface area contributed by atoms with Crippen molar-refractivity contribution in [2.45, 2.75) is 45.8 Å². The molecule has 0 spiro atoms. The van der Waals surface area contributed by atoms with Crippen LogP contribution in [0, 0.1) is 0 Å². The highest BCUT2D eigenvalue weighted by Gasteiger charge is 2.22. The lowest BCUT2D eigenvalue weighted by molar-refractivity contribution is -0.135. The molecule has 1 atom stereocenters. The molecule has 1 unspecified atom stereocenters. The minimum atomic E-state index is -0.416. The maximum Gasteiger partial charge on any atom is 0.240 e. The fourth-order valence-electron chi connectivity index (χ4n) is 1.57. The van der Waals surface area contributed by atoms with Gasteiger partial charge in [-0.05, 0) is 32.4 Å². The highest BCUT2D eigenvalue weighted by Crippen LogP contribution is 2.08. The highest BCUT2D eigenvalue weighted by atomic mass is 16.2. The van der Waals surface area contributed by atoms with E-state index in [9.17, 15) is 4.79 Å². The molecule has 0 aromatic carbocycles. The fourth-order valence-corrected chi connectivity index (χ4v) is 1.57. The van der Waals surface area contributed by atoms with E-state index in [-0.39, 0.29) is 11.9 Å². The molecule has 4 heteroatoms. The van der Waals surface area contributed by atoms with E-state index < -0.39 is 6.04 Å². The number of carbonyl (C=O) groups is 1. The lowest BCUT2D eigenvalue weighted by Gasteiger charge is -2.28. The zero-order valence-electron chi connectivity index (χ0n) is 10.8. The van der Waals surface area contributed by atoms with Crippen molar-refractivity contribution < 1.29 is 4.79 Å². The van der Waals surface area contributed by atoms with Gasteiger partial charge in [-0.3, -0.25) is 9.78 Å². The monoisotopic (exact) mass is 235 g/mol. The number of nitrogens with two attached hydrogens (primary N) is 1. The summed E-state index contributed by atoms with van der Waals surface area (Å²) in [6.07, 6.45) is 2.39. The normalized spacial score (nSPS) is 12.5. The molecule has 0 bridgehead atoms. The molecule has 0 aliphatic rings. The second-order valence-corrected chi connectivity index (χ2v) is 4.40. The summed E-state index contributed by atoms with van der Waals surface area (Å²) in [5.41, 5.74) is 6.68. The van der Waals surface area contributed by atoms with Crippen molar-refractivity contribution in [2.75, 3.05) is 0 Å². The molecule has 0 saturated carbocycles. The van der Waals surface area contributed by atoms with Gasteiger partial charge in [0.25, 0.3) is 0 Å². The summed E-state index contributed by atoms with van der Waals surface area (Å²) in [6.45, 7) is 6.42. The fraction of sp³-hybridized carbons (Fsp3) is 0.538. The van der Waals surface area contributed by atoms with E-state index in [0.717, 1.165) is 5.69 Å². The van der Waals surface area contributed by atoms with Crippen molar-refractivity contribution >= 4 is 5.91 Å². The van der Waals surface area contributed by atoms with Gasteiger partial charge in [0.05, 0.1) is 18.3 Å². The number of nitrogens with zero attached hydrogens (tertiary/aromatic N) is 2. The van der Waals surface area contributed by atoms with Gasteiger partial charge in [-0.25, -0.2) is 0 Å². The standard InChI is InChI=1S/C13H21N3O/c1-4-12(14)13(17)16(10(2)3)9-11-7-5-6-8-15-11/h5-8,10,12H,4,9,14H2,1-3H3. The van der Waals surface area contributed by atoms with Gasteiger partial charge in [-0.15, -0.1) is 0 Å². The van der Waals surface area contributed by atoms with Crippen molar-refractivity contribution in [1.29, 1.82) is 0 Å². The second-order valence-electron chi connectivity index (χ2n) is 4.40. The van der Waals surface area contributed by atoms with Crippen LogP contribution in [0.2, 0.25) is 0 Å². The van der Waals surface area contributed by atoms with Gasteiger partial charge in [0.2, 0.25) is 5.91 Å². The van der Waals surface area contributed by atoms with Crippen LogP contribution < -0.4 is 5.73 Å². The van der Waals surface area contributed by atoms with Crippen molar-refractivity contribution in [2.24, 2.45) is 5.73 Å². The third-order valence-corrected chi connectivity index (χ3v) is 2.72. The quantitative estimate of drug-likeness (QED) is 0.842. The van der Waals surface area contributed by atoms with Gasteiger partial charge in [0.1, 0.15) is 0 Å². The third kappa shape index (κ3) is 3.82. The Bertz CT molecular complexity index is 351. The first-order valence-corrected chi connectivity index (χ1v) is 6.02. The lowest BCUT2D eigenvalue weighted by atomic mass is 10.1. The molecular weight excluding hydrogens is 214 g/mol. The predicted molar refractivity (Wildman–Crippen MR) is 68.2 cm³/mol. The largest absolute Gasteiger partial charge is 0.333 e. The van der Waals surface area contributed by atoms with Crippen LogP contribution in [0.15, 0.2) is 24.4 Å². The summed E-state index contributed by atoms with van der Waals surface area (Å²) >= 11 is 0. The minimum absolute atomic E-state index is 0.00634. The molecular formula is C13H21N3O. The first-order chi connectivity index (χ1) is 8.06.